The van der Waals surface area contributed by atoms with E-state index in [0.717, 1.165) is 75.3 Å². The molecule has 0 saturated carbocycles. The molecule has 0 atom stereocenters. The summed E-state index contributed by atoms with van der Waals surface area (Å²) in [4.78, 5) is 2.22. The molecule has 0 amide bonds. The molecular formula is C36H32N4O. The standard InChI is InChI=1S/C36H32N4O/c37-28-10-16-31(17-11-28)39-30-14-6-26(7-15-30)27-8-18-32(19-9-27)40(33-20-12-29(38)13-21-33)34-22-24-36(25-23-34)41-35-4-2-1-3-5-35/h1-2,4,6-25,39H,3,5,37-38H2. The Hall–Kier alpha value is -5.42. The van der Waals surface area contributed by atoms with Crippen LogP contribution in [0.2, 0.25) is 0 Å². The molecule has 0 radical (unpaired) electrons. The van der Waals surface area contributed by atoms with E-state index >= 15 is 0 Å². The molecule has 5 heteroatoms. The van der Waals surface area contributed by atoms with Gasteiger partial charge in [-0.25, -0.2) is 0 Å². The van der Waals surface area contributed by atoms with Crippen molar-refractivity contribution in [3.8, 4) is 16.9 Å². The minimum Gasteiger partial charge on any atom is -0.462 e. The van der Waals surface area contributed by atoms with Crippen LogP contribution in [0.25, 0.3) is 11.1 Å². The Bertz CT molecular complexity index is 1650. The first-order valence-electron chi connectivity index (χ1n) is 13.7. The normalized spacial score (nSPS) is 12.4. The Balaban J connectivity index is 1.23. The van der Waals surface area contributed by atoms with Crippen LogP contribution in [0.15, 0.2) is 145 Å². The Labute approximate surface area is 241 Å². The van der Waals surface area contributed by atoms with Crippen LogP contribution in [0.5, 0.6) is 5.75 Å². The number of hydrogen-bond acceptors (Lipinski definition) is 5. The maximum Gasteiger partial charge on any atom is 0.127 e. The van der Waals surface area contributed by atoms with E-state index in [0.29, 0.717) is 0 Å². The second-order valence-electron chi connectivity index (χ2n) is 9.99. The molecule has 41 heavy (non-hydrogen) atoms. The van der Waals surface area contributed by atoms with Crippen LogP contribution in [0.4, 0.5) is 39.8 Å². The second kappa shape index (κ2) is 11.8. The summed E-state index contributed by atoms with van der Waals surface area (Å²) in [5.74, 6) is 1.82. The van der Waals surface area contributed by atoms with Crippen LogP contribution in [0.1, 0.15) is 12.8 Å². The first kappa shape index (κ1) is 25.8. The smallest absolute Gasteiger partial charge is 0.127 e. The van der Waals surface area contributed by atoms with Gasteiger partial charge < -0.3 is 26.4 Å². The van der Waals surface area contributed by atoms with Crippen LogP contribution in [0.3, 0.4) is 0 Å². The fourth-order valence-electron chi connectivity index (χ4n) is 4.83. The van der Waals surface area contributed by atoms with Crippen molar-refractivity contribution < 1.29 is 4.74 Å². The number of nitrogens with zero attached hydrogens (tertiary/aromatic N) is 1. The molecule has 0 aromatic heterocycles. The lowest BCUT2D eigenvalue weighted by molar-refractivity contribution is 0.403. The van der Waals surface area contributed by atoms with Crippen LogP contribution >= 0.6 is 0 Å². The van der Waals surface area contributed by atoms with E-state index in [4.69, 9.17) is 16.2 Å². The van der Waals surface area contributed by atoms with Crippen LogP contribution in [-0.2, 0) is 0 Å². The summed E-state index contributed by atoms with van der Waals surface area (Å²) in [6, 6.07) is 40.9. The zero-order chi connectivity index (χ0) is 28.0. The van der Waals surface area contributed by atoms with E-state index in [2.05, 4.69) is 77.0 Å². The first-order chi connectivity index (χ1) is 20.1. The summed E-state index contributed by atoms with van der Waals surface area (Å²) in [6.45, 7) is 0. The molecule has 0 unspecified atom stereocenters. The zero-order valence-corrected chi connectivity index (χ0v) is 22.7. The minimum atomic E-state index is 0.733. The first-order valence-corrected chi connectivity index (χ1v) is 13.7. The van der Waals surface area contributed by atoms with Crippen molar-refractivity contribution in [2.75, 3.05) is 21.7 Å². The Morgan fingerprint density at radius 2 is 1.02 bits per heavy atom. The van der Waals surface area contributed by atoms with E-state index in [1.165, 1.54) is 0 Å². The molecule has 6 rings (SSSR count). The van der Waals surface area contributed by atoms with Gasteiger partial charge in [-0.1, -0.05) is 36.4 Å². The van der Waals surface area contributed by atoms with Gasteiger partial charge in [0.15, 0.2) is 0 Å². The quantitative estimate of drug-likeness (QED) is 0.172. The predicted octanol–water partition coefficient (Wildman–Crippen LogP) is 9.34. The number of benzene rings is 5. The van der Waals surface area contributed by atoms with Crippen LogP contribution in [0, 0.1) is 0 Å². The lowest BCUT2D eigenvalue weighted by Gasteiger charge is -2.26. The van der Waals surface area contributed by atoms with E-state index in [1.54, 1.807) is 0 Å². The third-order valence-corrected chi connectivity index (χ3v) is 7.01. The molecule has 0 heterocycles. The van der Waals surface area contributed by atoms with E-state index < -0.39 is 0 Å². The monoisotopic (exact) mass is 536 g/mol. The Morgan fingerprint density at radius 1 is 0.561 bits per heavy atom. The average Bonchev–Trinajstić information content (AvgIpc) is 3.02. The Kier molecular flexibility index (Phi) is 7.41. The average molecular weight is 537 g/mol. The SMILES string of the molecule is Nc1ccc(Nc2ccc(-c3ccc(N(c4ccc(N)cc4)c4ccc(OC5=CC=CCC5)cc4)cc3)cc2)cc1. The number of nitrogen functional groups attached to an aromatic ring is 2. The van der Waals surface area contributed by atoms with Crippen molar-refractivity contribution in [2.24, 2.45) is 0 Å². The van der Waals surface area contributed by atoms with Crippen molar-refractivity contribution >= 4 is 39.8 Å². The Morgan fingerprint density at radius 3 is 1.56 bits per heavy atom. The van der Waals surface area contributed by atoms with Gasteiger partial charge in [0.2, 0.25) is 0 Å². The number of nitrogens with two attached hydrogens (primary N) is 2. The largest absolute Gasteiger partial charge is 0.462 e. The third kappa shape index (κ3) is 6.26. The van der Waals surface area contributed by atoms with Crippen molar-refractivity contribution in [3.05, 3.63) is 145 Å². The number of hydrogen-bond donors (Lipinski definition) is 3. The molecule has 0 saturated heterocycles. The van der Waals surface area contributed by atoms with Gasteiger partial charge in [0, 0.05) is 46.2 Å². The predicted molar refractivity (Wildman–Crippen MR) is 172 cm³/mol. The van der Waals surface area contributed by atoms with Crippen LogP contribution < -0.4 is 26.4 Å². The van der Waals surface area contributed by atoms with E-state index in [9.17, 15) is 0 Å². The topological polar surface area (TPSA) is 76.5 Å². The minimum absolute atomic E-state index is 0.733. The molecule has 1 aliphatic rings. The van der Waals surface area contributed by atoms with Crippen molar-refractivity contribution in [1.29, 1.82) is 0 Å². The molecule has 5 aromatic rings. The number of anilines is 7. The number of ether oxygens (including phenoxy) is 1. The molecule has 0 fully saturated rings. The second-order valence-corrected chi connectivity index (χ2v) is 9.99. The van der Waals surface area contributed by atoms with Gasteiger partial charge in [0.25, 0.3) is 0 Å². The summed E-state index contributed by atoms with van der Waals surface area (Å²) >= 11 is 0. The lowest BCUT2D eigenvalue weighted by Crippen LogP contribution is -2.10. The third-order valence-electron chi connectivity index (χ3n) is 7.01. The lowest BCUT2D eigenvalue weighted by atomic mass is 10.0. The van der Waals surface area contributed by atoms with Crippen molar-refractivity contribution in [2.45, 2.75) is 12.8 Å². The van der Waals surface area contributed by atoms with Gasteiger partial charge >= 0.3 is 0 Å². The molecule has 5 N–H and O–H groups in total. The summed E-state index contributed by atoms with van der Waals surface area (Å²) in [5, 5.41) is 3.41. The number of allylic oxidation sites excluding steroid dienone is 4. The highest BCUT2D eigenvalue weighted by molar-refractivity contribution is 5.79. The molecule has 5 aromatic carbocycles. The number of rotatable bonds is 8. The summed E-state index contributed by atoms with van der Waals surface area (Å²) < 4.78 is 6.09. The fourth-order valence-corrected chi connectivity index (χ4v) is 4.83. The summed E-state index contributed by atoms with van der Waals surface area (Å²) in [7, 11) is 0. The molecule has 202 valence electrons. The summed E-state index contributed by atoms with van der Waals surface area (Å²) in [6.07, 6.45) is 8.16. The highest BCUT2D eigenvalue weighted by atomic mass is 16.5. The van der Waals surface area contributed by atoms with Crippen molar-refractivity contribution in [3.63, 3.8) is 0 Å². The molecule has 5 nitrogen and oxygen atoms in total. The van der Waals surface area contributed by atoms with Gasteiger partial charge in [0.05, 0.1) is 0 Å². The van der Waals surface area contributed by atoms with Gasteiger partial charge in [-0.2, -0.15) is 0 Å². The van der Waals surface area contributed by atoms with Gasteiger partial charge in [0.1, 0.15) is 11.5 Å². The fraction of sp³-hybridized carbons (Fsp3) is 0.0556. The van der Waals surface area contributed by atoms with E-state index in [-0.39, 0.29) is 0 Å². The number of nitrogens with one attached hydrogen (secondary N) is 1. The van der Waals surface area contributed by atoms with E-state index in [1.807, 2.05) is 72.8 Å². The highest BCUT2D eigenvalue weighted by Crippen LogP contribution is 2.37. The molecule has 0 spiro atoms. The maximum atomic E-state index is 6.09. The molecular weight excluding hydrogens is 504 g/mol. The molecule has 0 bridgehead atoms. The summed E-state index contributed by atoms with van der Waals surface area (Å²) in [5.41, 5.74) is 20.7. The highest BCUT2D eigenvalue weighted by Gasteiger charge is 2.14. The van der Waals surface area contributed by atoms with Crippen LogP contribution in [-0.4, -0.2) is 0 Å². The molecule has 1 aliphatic carbocycles. The van der Waals surface area contributed by atoms with Gasteiger partial charge in [-0.15, -0.1) is 0 Å². The molecule has 0 aliphatic heterocycles. The zero-order valence-electron chi connectivity index (χ0n) is 22.7. The maximum absolute atomic E-state index is 6.09. The van der Waals surface area contributed by atoms with Gasteiger partial charge in [-0.3, -0.25) is 0 Å². The van der Waals surface area contributed by atoms with Gasteiger partial charge in [-0.05, 0) is 121 Å². The van der Waals surface area contributed by atoms with Crippen molar-refractivity contribution in [1.82, 2.24) is 0 Å².